The normalized spacial score (nSPS) is 18.2. The van der Waals surface area contributed by atoms with E-state index in [9.17, 15) is 0 Å². The van der Waals surface area contributed by atoms with Gasteiger partial charge in [-0.15, -0.1) is 0 Å². The third-order valence-electron chi connectivity index (χ3n) is 4.07. The average molecular weight is 301 g/mol. The molecule has 1 N–H and O–H groups in total. The number of aromatic nitrogens is 3. The molecule has 2 aromatic heterocycles. The lowest BCUT2D eigenvalue weighted by Gasteiger charge is -2.16. The van der Waals surface area contributed by atoms with Crippen LogP contribution in [0.1, 0.15) is 43.0 Å². The Morgan fingerprint density at radius 2 is 2.14 bits per heavy atom. The van der Waals surface area contributed by atoms with E-state index in [-0.39, 0.29) is 0 Å². The summed E-state index contributed by atoms with van der Waals surface area (Å²) < 4.78 is 4.42. The Morgan fingerprint density at radius 3 is 2.95 bits per heavy atom. The van der Waals surface area contributed by atoms with E-state index in [1.165, 1.54) is 42.8 Å². The molecule has 1 aliphatic carbocycles. The molecule has 0 aromatic carbocycles. The monoisotopic (exact) mass is 301 g/mol. The first-order chi connectivity index (χ1) is 10.4. The van der Waals surface area contributed by atoms with Crippen molar-refractivity contribution < 1.29 is 0 Å². The molecule has 0 atom stereocenters. The summed E-state index contributed by atoms with van der Waals surface area (Å²) >= 11 is 1.47. The highest BCUT2D eigenvalue weighted by Gasteiger charge is 2.27. The molecule has 0 amide bonds. The maximum absolute atomic E-state index is 4.56. The van der Waals surface area contributed by atoms with Gasteiger partial charge in [0.2, 0.25) is 5.13 Å². The average Bonchev–Trinajstić information content (AvgIpc) is 3.05. The maximum atomic E-state index is 4.56. The quantitative estimate of drug-likeness (QED) is 0.920. The molecule has 0 radical (unpaired) electrons. The first kappa shape index (κ1) is 13.0. The molecule has 6 heteroatoms. The van der Waals surface area contributed by atoms with Gasteiger partial charge in [-0.3, -0.25) is 0 Å². The molecule has 1 saturated heterocycles. The Morgan fingerprint density at radius 1 is 1.29 bits per heavy atom. The third-order valence-corrected chi connectivity index (χ3v) is 4.75. The van der Waals surface area contributed by atoms with Crippen LogP contribution in [-0.2, 0) is 6.54 Å². The summed E-state index contributed by atoms with van der Waals surface area (Å²) in [5.74, 6) is 2.75. The second-order valence-electron chi connectivity index (χ2n) is 5.80. The zero-order valence-electron chi connectivity index (χ0n) is 12.0. The van der Waals surface area contributed by atoms with E-state index < -0.39 is 0 Å². The van der Waals surface area contributed by atoms with Gasteiger partial charge in [0.05, 0.1) is 0 Å². The second-order valence-corrected chi connectivity index (χ2v) is 6.55. The Hall–Kier alpha value is -1.69. The second kappa shape index (κ2) is 5.60. The van der Waals surface area contributed by atoms with Crippen molar-refractivity contribution in [3.63, 3.8) is 0 Å². The van der Waals surface area contributed by atoms with E-state index in [2.05, 4.69) is 36.7 Å². The van der Waals surface area contributed by atoms with Crippen molar-refractivity contribution in [2.24, 2.45) is 0 Å². The highest BCUT2D eigenvalue weighted by molar-refractivity contribution is 7.09. The van der Waals surface area contributed by atoms with Gasteiger partial charge in [0.1, 0.15) is 11.6 Å². The summed E-state index contributed by atoms with van der Waals surface area (Å²) in [5, 5.41) is 4.31. The number of pyridine rings is 1. The van der Waals surface area contributed by atoms with Crippen molar-refractivity contribution in [3.8, 4) is 0 Å². The van der Waals surface area contributed by atoms with Crippen molar-refractivity contribution in [1.29, 1.82) is 0 Å². The van der Waals surface area contributed by atoms with Gasteiger partial charge in [-0.1, -0.05) is 0 Å². The molecule has 21 heavy (non-hydrogen) atoms. The minimum Gasteiger partial charge on any atom is -0.357 e. The fourth-order valence-electron chi connectivity index (χ4n) is 2.68. The highest BCUT2D eigenvalue weighted by Crippen LogP contribution is 2.39. The molecule has 110 valence electrons. The van der Waals surface area contributed by atoms with E-state index >= 15 is 0 Å². The lowest BCUT2D eigenvalue weighted by molar-refractivity contribution is 0.931. The molecule has 1 aliphatic heterocycles. The van der Waals surface area contributed by atoms with Gasteiger partial charge < -0.3 is 10.2 Å². The molecule has 0 bridgehead atoms. The summed E-state index contributed by atoms with van der Waals surface area (Å²) in [6.45, 7) is 3.04. The molecule has 2 aromatic rings. The van der Waals surface area contributed by atoms with Crippen molar-refractivity contribution in [1.82, 2.24) is 14.3 Å². The number of nitrogens with zero attached hydrogens (tertiary/aromatic N) is 4. The van der Waals surface area contributed by atoms with Crippen molar-refractivity contribution in [2.45, 2.75) is 38.1 Å². The smallest absolute Gasteiger partial charge is 0.202 e. The topological polar surface area (TPSA) is 53.9 Å². The van der Waals surface area contributed by atoms with Crippen LogP contribution in [0.2, 0.25) is 0 Å². The molecule has 2 aliphatic rings. The highest BCUT2D eigenvalue weighted by atomic mass is 32.1. The van der Waals surface area contributed by atoms with E-state index in [1.807, 2.05) is 6.20 Å². The minimum absolute atomic E-state index is 0.625. The van der Waals surface area contributed by atoms with Crippen LogP contribution >= 0.6 is 11.5 Å². The van der Waals surface area contributed by atoms with E-state index in [0.29, 0.717) is 5.92 Å². The summed E-state index contributed by atoms with van der Waals surface area (Å²) in [4.78, 5) is 11.4. The standard InChI is InChI=1S/C15H19N5S/c1-2-8-20(7-1)13-9-11(5-6-16-13)10-17-15-18-14(19-21-15)12-3-4-12/h5-6,9,12H,1-4,7-8,10H2,(H,17,18,19). The first-order valence-electron chi connectivity index (χ1n) is 7.66. The van der Waals surface area contributed by atoms with Gasteiger partial charge in [-0.05, 0) is 43.4 Å². The molecule has 3 heterocycles. The van der Waals surface area contributed by atoms with Gasteiger partial charge in [0.25, 0.3) is 0 Å². The lowest BCUT2D eigenvalue weighted by atomic mass is 10.2. The van der Waals surface area contributed by atoms with Crippen LogP contribution in [-0.4, -0.2) is 27.4 Å². The number of hydrogen-bond donors (Lipinski definition) is 1. The van der Waals surface area contributed by atoms with Crippen molar-refractivity contribution in [2.75, 3.05) is 23.3 Å². The van der Waals surface area contributed by atoms with Crippen LogP contribution in [0.4, 0.5) is 10.9 Å². The Labute approximate surface area is 128 Å². The van der Waals surface area contributed by atoms with E-state index in [0.717, 1.165) is 36.4 Å². The fourth-order valence-corrected chi connectivity index (χ4v) is 3.32. The first-order valence-corrected chi connectivity index (χ1v) is 8.43. The molecular weight excluding hydrogens is 282 g/mol. The molecule has 2 fully saturated rings. The predicted molar refractivity (Wildman–Crippen MR) is 84.9 cm³/mol. The summed E-state index contributed by atoms with van der Waals surface area (Å²) in [6.07, 6.45) is 6.96. The molecular formula is C15H19N5S. The third kappa shape index (κ3) is 3.00. The summed E-state index contributed by atoms with van der Waals surface area (Å²) in [7, 11) is 0. The largest absolute Gasteiger partial charge is 0.357 e. The molecule has 5 nitrogen and oxygen atoms in total. The van der Waals surface area contributed by atoms with E-state index in [4.69, 9.17) is 0 Å². The van der Waals surface area contributed by atoms with Gasteiger partial charge >= 0.3 is 0 Å². The summed E-state index contributed by atoms with van der Waals surface area (Å²) in [6, 6.07) is 4.25. The van der Waals surface area contributed by atoms with Crippen molar-refractivity contribution >= 4 is 22.5 Å². The fraction of sp³-hybridized carbons (Fsp3) is 0.533. The maximum Gasteiger partial charge on any atom is 0.202 e. The van der Waals surface area contributed by atoms with Crippen LogP contribution in [0.15, 0.2) is 18.3 Å². The van der Waals surface area contributed by atoms with Crippen molar-refractivity contribution in [3.05, 3.63) is 29.7 Å². The lowest BCUT2D eigenvalue weighted by Crippen LogP contribution is -2.19. The van der Waals surface area contributed by atoms with Gasteiger partial charge in [-0.25, -0.2) is 9.97 Å². The SMILES string of the molecule is c1cc(CNc2nc(C3CC3)ns2)cc(N2CCCC2)n1. The van der Waals surface area contributed by atoms with Gasteiger partial charge in [0.15, 0.2) is 0 Å². The zero-order chi connectivity index (χ0) is 14.1. The number of anilines is 2. The van der Waals surface area contributed by atoms with Crippen LogP contribution in [0.3, 0.4) is 0 Å². The van der Waals surface area contributed by atoms with Crippen LogP contribution in [0, 0.1) is 0 Å². The Bertz CT molecular complexity index is 616. The molecule has 0 unspecified atom stereocenters. The van der Waals surface area contributed by atoms with E-state index in [1.54, 1.807) is 0 Å². The zero-order valence-corrected chi connectivity index (χ0v) is 12.8. The Balaban J connectivity index is 1.40. The Kier molecular flexibility index (Phi) is 3.47. The number of nitrogens with one attached hydrogen (secondary N) is 1. The predicted octanol–water partition coefficient (Wildman–Crippen LogP) is 3.02. The van der Waals surface area contributed by atoms with Gasteiger partial charge in [-0.2, -0.15) is 4.37 Å². The van der Waals surface area contributed by atoms with Crippen LogP contribution < -0.4 is 10.2 Å². The molecule has 1 saturated carbocycles. The molecule has 0 spiro atoms. The van der Waals surface area contributed by atoms with Crippen LogP contribution in [0.25, 0.3) is 0 Å². The van der Waals surface area contributed by atoms with Gasteiger partial charge in [0, 0.05) is 43.3 Å². The summed E-state index contributed by atoms with van der Waals surface area (Å²) in [5.41, 5.74) is 1.25. The minimum atomic E-state index is 0.625. The number of rotatable bonds is 5. The molecule has 4 rings (SSSR count). The number of hydrogen-bond acceptors (Lipinski definition) is 6. The van der Waals surface area contributed by atoms with Crippen LogP contribution in [0.5, 0.6) is 0 Å².